The van der Waals surface area contributed by atoms with Gasteiger partial charge in [0, 0.05) is 18.2 Å². The maximum Gasteiger partial charge on any atom is 0.225 e. The molecule has 0 saturated carbocycles. The van der Waals surface area contributed by atoms with Gasteiger partial charge >= 0.3 is 0 Å². The summed E-state index contributed by atoms with van der Waals surface area (Å²) in [6.45, 7) is 5.21. The number of anilines is 1. The second-order valence-electron chi connectivity index (χ2n) is 5.19. The average Bonchev–Trinajstić information content (AvgIpc) is 2.86. The first-order chi connectivity index (χ1) is 9.93. The van der Waals surface area contributed by atoms with Gasteiger partial charge in [0.2, 0.25) is 11.6 Å². The van der Waals surface area contributed by atoms with Crippen LogP contribution in [0, 0.1) is 0 Å². The molecule has 7 heteroatoms. The lowest BCUT2D eigenvalue weighted by molar-refractivity contribution is -0.117. The number of hydrogen-bond donors (Lipinski definition) is 2. The zero-order valence-corrected chi connectivity index (χ0v) is 12.8. The number of hydrazone groups is 1. The van der Waals surface area contributed by atoms with E-state index in [0.29, 0.717) is 16.4 Å². The third-order valence-corrected chi connectivity index (χ3v) is 4.52. The monoisotopic (exact) mass is 304 g/mol. The van der Waals surface area contributed by atoms with Crippen LogP contribution in [0.25, 0.3) is 0 Å². The van der Waals surface area contributed by atoms with Gasteiger partial charge in [0.15, 0.2) is 5.17 Å². The summed E-state index contributed by atoms with van der Waals surface area (Å²) < 4.78 is 0. The molecule has 0 spiro atoms. The molecule has 6 nitrogen and oxygen atoms in total. The van der Waals surface area contributed by atoms with Crippen LogP contribution in [0.3, 0.4) is 0 Å². The molecule has 1 aromatic rings. The maximum absolute atomic E-state index is 12.0. The van der Waals surface area contributed by atoms with Crippen LogP contribution in [-0.4, -0.2) is 27.3 Å². The summed E-state index contributed by atoms with van der Waals surface area (Å²) in [4.78, 5) is 17.9. The third kappa shape index (κ3) is 2.13. The van der Waals surface area contributed by atoms with Crippen LogP contribution in [0.5, 0.6) is 0 Å². The van der Waals surface area contributed by atoms with Crippen LogP contribution >= 0.6 is 11.8 Å². The van der Waals surface area contributed by atoms with Crippen molar-refractivity contribution in [3.63, 3.8) is 0 Å². The number of amidine groups is 1. The number of amides is 1. The van der Waals surface area contributed by atoms with Crippen LogP contribution in [0.15, 0.2) is 34.4 Å². The molecule has 0 unspecified atom stereocenters. The number of benzene rings is 1. The van der Waals surface area contributed by atoms with Gasteiger partial charge in [-0.3, -0.25) is 15.1 Å². The van der Waals surface area contributed by atoms with E-state index < -0.39 is 11.1 Å². The normalized spacial score (nSPS) is 26.0. The molecule has 0 bridgehead atoms. The number of rotatable bonds is 1. The Balaban J connectivity index is 2.03. The highest BCUT2D eigenvalue weighted by Gasteiger charge is 2.56. The fourth-order valence-electron chi connectivity index (χ4n) is 2.52. The number of hydrogen-bond acceptors (Lipinski definition) is 6. The Kier molecular flexibility index (Phi) is 3.26. The summed E-state index contributed by atoms with van der Waals surface area (Å²) in [5.41, 5.74) is 3.61. The topological polar surface area (TPSA) is 77.3 Å². The number of aliphatic imine (C=N–C) groups is 1. The minimum atomic E-state index is -1.42. The first-order valence-electron chi connectivity index (χ1n) is 6.58. The van der Waals surface area contributed by atoms with Gasteiger partial charge in [-0.2, -0.15) is 5.10 Å². The number of carbonyl (C=O) groups excluding carboxylic acids is 1. The highest BCUT2D eigenvalue weighted by Crippen LogP contribution is 2.52. The van der Waals surface area contributed by atoms with Gasteiger partial charge in [0.05, 0.1) is 5.69 Å². The first-order valence-corrected chi connectivity index (χ1v) is 7.46. The van der Waals surface area contributed by atoms with Gasteiger partial charge in [0.1, 0.15) is 5.37 Å². The van der Waals surface area contributed by atoms with Crippen molar-refractivity contribution in [2.45, 2.75) is 31.9 Å². The maximum atomic E-state index is 12.0. The average molecular weight is 304 g/mol. The Morgan fingerprint density at radius 3 is 2.81 bits per heavy atom. The molecule has 2 atom stereocenters. The van der Waals surface area contributed by atoms with E-state index in [0.717, 1.165) is 5.71 Å². The predicted molar refractivity (Wildman–Crippen MR) is 84.2 cm³/mol. The Hall–Kier alpha value is -1.86. The van der Waals surface area contributed by atoms with E-state index >= 15 is 0 Å². The van der Waals surface area contributed by atoms with Gasteiger partial charge in [-0.1, -0.05) is 30.0 Å². The Morgan fingerprint density at radius 1 is 1.43 bits per heavy atom. The number of nitrogens with one attached hydrogen (secondary N) is 1. The number of para-hydroxylation sites is 1. The highest BCUT2D eigenvalue weighted by atomic mass is 32.2. The fraction of sp³-hybridized carbons (Fsp3) is 0.357. The Morgan fingerprint density at radius 2 is 2.14 bits per heavy atom. The highest BCUT2D eigenvalue weighted by molar-refractivity contribution is 8.14. The number of thioether (sulfide) groups is 1. The van der Waals surface area contributed by atoms with Gasteiger partial charge in [0.25, 0.3) is 0 Å². The fourth-order valence-corrected chi connectivity index (χ4v) is 3.73. The molecule has 0 aliphatic carbocycles. The molecule has 1 amide bonds. The van der Waals surface area contributed by atoms with Crippen LogP contribution in [0.2, 0.25) is 0 Å². The largest absolute Gasteiger partial charge is 0.363 e. The van der Waals surface area contributed by atoms with Gasteiger partial charge < -0.3 is 5.11 Å². The molecule has 2 N–H and O–H groups in total. The zero-order valence-electron chi connectivity index (χ0n) is 12.0. The van der Waals surface area contributed by atoms with E-state index in [9.17, 15) is 9.90 Å². The minimum Gasteiger partial charge on any atom is -0.363 e. The van der Waals surface area contributed by atoms with Crippen molar-refractivity contribution in [3.05, 3.63) is 29.8 Å². The lowest BCUT2D eigenvalue weighted by Crippen LogP contribution is -2.41. The molecular weight excluding hydrogens is 288 g/mol. The van der Waals surface area contributed by atoms with E-state index in [1.807, 2.05) is 32.0 Å². The Labute approximate surface area is 126 Å². The molecule has 21 heavy (non-hydrogen) atoms. The van der Waals surface area contributed by atoms with Crippen molar-refractivity contribution in [2.75, 3.05) is 4.90 Å². The molecule has 3 rings (SSSR count). The summed E-state index contributed by atoms with van der Waals surface area (Å²) in [5.74, 6) is -0.123. The van der Waals surface area contributed by atoms with Gasteiger partial charge in [-0.15, -0.1) is 0 Å². The molecule has 0 radical (unpaired) electrons. The quantitative estimate of drug-likeness (QED) is 0.610. The molecular formula is C14H16N4O2S. The second-order valence-corrected chi connectivity index (χ2v) is 6.26. The molecule has 2 aliphatic heterocycles. The van der Waals surface area contributed by atoms with Gasteiger partial charge in [-0.25, -0.2) is 4.99 Å². The van der Waals surface area contributed by atoms with E-state index in [1.165, 1.54) is 18.7 Å². The molecule has 2 aliphatic rings. The third-order valence-electron chi connectivity index (χ3n) is 3.35. The lowest BCUT2D eigenvalue weighted by Gasteiger charge is -2.24. The van der Waals surface area contributed by atoms with Crippen molar-refractivity contribution in [1.82, 2.24) is 5.43 Å². The summed E-state index contributed by atoms with van der Waals surface area (Å²) in [7, 11) is 0. The smallest absolute Gasteiger partial charge is 0.225 e. The molecule has 1 aromatic carbocycles. The van der Waals surface area contributed by atoms with Gasteiger partial charge in [-0.05, 0) is 19.9 Å². The molecule has 0 aromatic heterocycles. The van der Waals surface area contributed by atoms with E-state index in [-0.39, 0.29) is 5.91 Å². The zero-order chi connectivity index (χ0) is 15.2. The number of fused-ring (bicyclic) bond motifs is 3. The summed E-state index contributed by atoms with van der Waals surface area (Å²) >= 11 is 1.30. The summed E-state index contributed by atoms with van der Waals surface area (Å²) in [6, 6.07) is 7.30. The van der Waals surface area contributed by atoms with Crippen LogP contribution in [-0.2, 0) is 10.5 Å². The van der Waals surface area contributed by atoms with Crippen molar-refractivity contribution >= 4 is 34.2 Å². The first kappa shape index (κ1) is 14.1. The summed E-state index contributed by atoms with van der Waals surface area (Å²) in [5, 5.41) is 15.0. The molecule has 0 fully saturated rings. The van der Waals surface area contributed by atoms with Crippen LogP contribution < -0.4 is 10.3 Å². The van der Waals surface area contributed by atoms with Crippen LogP contribution in [0.1, 0.15) is 26.3 Å². The van der Waals surface area contributed by atoms with E-state index in [2.05, 4.69) is 15.5 Å². The van der Waals surface area contributed by atoms with Crippen LogP contribution in [0.4, 0.5) is 5.69 Å². The van der Waals surface area contributed by atoms with Crippen molar-refractivity contribution in [3.8, 4) is 0 Å². The van der Waals surface area contributed by atoms with E-state index in [4.69, 9.17) is 0 Å². The molecule has 2 heterocycles. The SMILES string of the molecule is CC(=O)N1c2ccccc2[C@@]2(O)N=C(NN=C(C)C)S[C@H]12. The minimum absolute atomic E-state index is 0.123. The number of carbonyl (C=O) groups is 1. The van der Waals surface area contributed by atoms with Crippen molar-refractivity contribution in [2.24, 2.45) is 10.1 Å². The second kappa shape index (κ2) is 4.85. The standard InChI is InChI=1S/C14H16N4O2S/c1-8(2)16-17-13-15-14(20)10-6-4-5-7-11(10)18(9(3)19)12(14)21-13/h4-7,12,20H,1-3H3,(H,15,17)/t12-,14-/m0/s1. The Bertz CT molecular complexity index is 669. The molecule has 110 valence electrons. The van der Waals surface area contributed by atoms with Crippen molar-refractivity contribution in [1.29, 1.82) is 0 Å². The predicted octanol–water partition coefficient (Wildman–Crippen LogP) is 1.61. The van der Waals surface area contributed by atoms with Crippen molar-refractivity contribution < 1.29 is 9.90 Å². The number of aliphatic hydroxyl groups is 1. The summed E-state index contributed by atoms with van der Waals surface area (Å²) in [6.07, 6.45) is 0. The molecule has 0 saturated heterocycles. The lowest BCUT2D eigenvalue weighted by atomic mass is 10.1. The van der Waals surface area contributed by atoms with E-state index in [1.54, 1.807) is 11.0 Å². The number of nitrogens with zero attached hydrogens (tertiary/aromatic N) is 3.